The third-order valence-electron chi connectivity index (χ3n) is 0.913. The molecule has 1 radical (unpaired) electrons. The van der Waals surface area contributed by atoms with Gasteiger partial charge in [-0.2, -0.15) is 0 Å². The van der Waals surface area contributed by atoms with Gasteiger partial charge in [0.1, 0.15) is 0 Å². The highest BCUT2D eigenvalue weighted by Gasteiger charge is 2.17. The van der Waals surface area contributed by atoms with E-state index in [0.717, 1.165) is 0 Å². The van der Waals surface area contributed by atoms with Crippen molar-refractivity contribution in [2.75, 3.05) is 6.61 Å². The molecule has 0 saturated carbocycles. The second-order valence-electron chi connectivity index (χ2n) is 1.71. The summed E-state index contributed by atoms with van der Waals surface area (Å²) in [6.07, 6.45) is -0.0237. The molecular weight excluding hydrogens is 108 g/mol. The fourth-order valence-electron chi connectivity index (χ4n) is 0.304. The van der Waals surface area contributed by atoms with Crippen LogP contribution >= 0.6 is 0 Å². The molecule has 0 fully saturated rings. The summed E-state index contributed by atoms with van der Waals surface area (Å²) in [5.41, 5.74) is 0. The summed E-state index contributed by atoms with van der Waals surface area (Å²) in [5.74, 6) is -1.77. The highest BCUT2D eigenvalue weighted by Crippen LogP contribution is 2.07. The van der Waals surface area contributed by atoms with Crippen LogP contribution in [0, 0.1) is 6.92 Å². The first kappa shape index (κ1) is 7.88. The van der Waals surface area contributed by atoms with E-state index < -0.39 is 5.79 Å². The van der Waals surface area contributed by atoms with Crippen LogP contribution < -0.4 is 0 Å². The highest BCUT2D eigenvalue weighted by atomic mass is 16.5. The Bertz CT molecular complexity index is 60.7. The molecule has 0 aliphatic carbocycles. The van der Waals surface area contributed by atoms with E-state index in [9.17, 15) is 0 Å². The lowest BCUT2D eigenvalue weighted by atomic mass is 10.1. The Morgan fingerprint density at radius 1 is 1.38 bits per heavy atom. The van der Waals surface area contributed by atoms with Crippen molar-refractivity contribution in [2.45, 2.75) is 18.6 Å². The smallest absolute Gasteiger partial charge is 0.164 e. The molecule has 0 aliphatic rings. The molecule has 3 N–H and O–H groups in total. The van der Waals surface area contributed by atoms with Gasteiger partial charge in [-0.05, 0) is 6.92 Å². The van der Waals surface area contributed by atoms with Gasteiger partial charge >= 0.3 is 0 Å². The Hall–Kier alpha value is -0.120. The summed E-state index contributed by atoms with van der Waals surface area (Å²) in [4.78, 5) is 0. The van der Waals surface area contributed by atoms with Crippen molar-refractivity contribution in [1.82, 2.24) is 0 Å². The first-order chi connectivity index (χ1) is 3.62. The lowest BCUT2D eigenvalue weighted by molar-refractivity contribution is -0.167. The van der Waals surface area contributed by atoms with Crippen LogP contribution in [0.15, 0.2) is 0 Å². The molecule has 0 aromatic carbocycles. The third kappa shape index (κ3) is 2.96. The Morgan fingerprint density at radius 2 is 1.88 bits per heavy atom. The molecule has 0 saturated heterocycles. The monoisotopic (exact) mass is 119 g/mol. The molecule has 0 bridgehead atoms. The maximum absolute atomic E-state index is 8.66. The summed E-state index contributed by atoms with van der Waals surface area (Å²) < 4.78 is 0. The van der Waals surface area contributed by atoms with Gasteiger partial charge in [0, 0.05) is 19.4 Å². The Labute approximate surface area is 48.6 Å². The minimum absolute atomic E-state index is 0.00750. The summed E-state index contributed by atoms with van der Waals surface area (Å²) in [6.45, 7) is 3.05. The van der Waals surface area contributed by atoms with Gasteiger partial charge in [0.15, 0.2) is 5.79 Å². The average molecular weight is 119 g/mol. The summed E-state index contributed by atoms with van der Waals surface area (Å²) in [6, 6.07) is 0. The maximum atomic E-state index is 8.66. The molecule has 3 nitrogen and oxygen atoms in total. The molecule has 0 unspecified atom stereocenters. The molecule has 3 heteroatoms. The fourth-order valence-corrected chi connectivity index (χ4v) is 0.304. The number of hydrogen-bond acceptors (Lipinski definition) is 3. The SMILES string of the molecule is [CH2]CC(O)(O)CCO. The Morgan fingerprint density at radius 3 is 2.00 bits per heavy atom. The molecule has 0 aromatic heterocycles. The minimum atomic E-state index is -1.77. The second-order valence-corrected chi connectivity index (χ2v) is 1.71. The summed E-state index contributed by atoms with van der Waals surface area (Å²) >= 11 is 0. The number of aliphatic hydroxyl groups excluding tert-OH is 1. The van der Waals surface area contributed by atoms with E-state index in [1.54, 1.807) is 0 Å². The molecule has 49 valence electrons. The van der Waals surface area contributed by atoms with E-state index in [-0.39, 0.29) is 19.4 Å². The lowest BCUT2D eigenvalue weighted by Gasteiger charge is -2.17. The van der Waals surface area contributed by atoms with Crippen molar-refractivity contribution >= 4 is 0 Å². The van der Waals surface area contributed by atoms with Crippen LogP contribution in [0.3, 0.4) is 0 Å². The van der Waals surface area contributed by atoms with E-state index in [4.69, 9.17) is 15.3 Å². The van der Waals surface area contributed by atoms with Crippen LogP contribution in [-0.2, 0) is 0 Å². The van der Waals surface area contributed by atoms with Crippen molar-refractivity contribution < 1.29 is 15.3 Å². The molecular formula is C5H11O3. The Balaban J connectivity index is 3.37. The topological polar surface area (TPSA) is 60.7 Å². The third-order valence-corrected chi connectivity index (χ3v) is 0.913. The molecule has 0 amide bonds. The van der Waals surface area contributed by atoms with Crippen LogP contribution in [-0.4, -0.2) is 27.7 Å². The summed E-state index contributed by atoms with van der Waals surface area (Å²) in [5, 5.41) is 25.5. The zero-order valence-electron chi connectivity index (χ0n) is 4.67. The van der Waals surface area contributed by atoms with Crippen molar-refractivity contribution in [1.29, 1.82) is 0 Å². The molecule has 0 aliphatic heterocycles. The highest BCUT2D eigenvalue weighted by molar-refractivity contribution is 4.63. The zero-order chi connectivity index (χ0) is 6.62. The van der Waals surface area contributed by atoms with E-state index >= 15 is 0 Å². The van der Waals surface area contributed by atoms with Gasteiger partial charge in [-0.25, -0.2) is 0 Å². The molecule has 0 atom stereocenters. The van der Waals surface area contributed by atoms with Crippen molar-refractivity contribution in [3.05, 3.63) is 6.92 Å². The number of rotatable bonds is 3. The normalized spacial score (nSPS) is 12.0. The van der Waals surface area contributed by atoms with Gasteiger partial charge in [-0.3, -0.25) is 0 Å². The summed E-state index contributed by atoms with van der Waals surface area (Å²) in [7, 11) is 0. The Kier molecular flexibility index (Phi) is 2.97. The molecule has 0 aromatic rings. The molecule has 8 heavy (non-hydrogen) atoms. The quantitative estimate of drug-likeness (QED) is 0.429. The van der Waals surface area contributed by atoms with Crippen LogP contribution in [0.2, 0.25) is 0 Å². The van der Waals surface area contributed by atoms with Crippen LogP contribution in [0.25, 0.3) is 0 Å². The fraction of sp³-hybridized carbons (Fsp3) is 0.800. The van der Waals surface area contributed by atoms with Gasteiger partial charge in [-0.1, -0.05) is 0 Å². The maximum Gasteiger partial charge on any atom is 0.164 e. The standard InChI is InChI=1S/C5H11O3/c1-2-5(7,8)3-4-6/h6-8H,1-4H2. The first-order valence-electron chi connectivity index (χ1n) is 2.47. The van der Waals surface area contributed by atoms with Gasteiger partial charge in [0.05, 0.1) is 0 Å². The second kappa shape index (κ2) is 3.02. The van der Waals surface area contributed by atoms with E-state index in [2.05, 4.69) is 6.92 Å². The minimum Gasteiger partial charge on any atom is -0.396 e. The molecule has 0 rings (SSSR count). The first-order valence-corrected chi connectivity index (χ1v) is 2.47. The van der Waals surface area contributed by atoms with Gasteiger partial charge in [0.25, 0.3) is 0 Å². The average Bonchev–Trinajstić information content (AvgIpc) is 1.67. The van der Waals surface area contributed by atoms with E-state index in [1.165, 1.54) is 0 Å². The zero-order valence-corrected chi connectivity index (χ0v) is 4.67. The number of aliphatic hydroxyl groups is 3. The van der Waals surface area contributed by atoms with Crippen LogP contribution in [0.4, 0.5) is 0 Å². The predicted octanol–water partition coefficient (Wildman–Crippen LogP) is -0.726. The van der Waals surface area contributed by atoms with Crippen LogP contribution in [0.1, 0.15) is 12.8 Å². The molecule has 0 heterocycles. The van der Waals surface area contributed by atoms with Crippen LogP contribution in [0.5, 0.6) is 0 Å². The predicted molar refractivity (Wildman–Crippen MR) is 28.8 cm³/mol. The van der Waals surface area contributed by atoms with Crippen molar-refractivity contribution in [3.63, 3.8) is 0 Å². The van der Waals surface area contributed by atoms with E-state index in [1.807, 2.05) is 0 Å². The molecule has 0 spiro atoms. The van der Waals surface area contributed by atoms with Gasteiger partial charge in [0.2, 0.25) is 0 Å². The van der Waals surface area contributed by atoms with Gasteiger partial charge < -0.3 is 15.3 Å². The van der Waals surface area contributed by atoms with Gasteiger partial charge in [-0.15, -0.1) is 0 Å². The number of hydrogen-bond donors (Lipinski definition) is 3. The lowest BCUT2D eigenvalue weighted by Crippen LogP contribution is -2.27. The largest absolute Gasteiger partial charge is 0.396 e. The van der Waals surface area contributed by atoms with E-state index in [0.29, 0.717) is 0 Å². The van der Waals surface area contributed by atoms with Crippen molar-refractivity contribution in [2.24, 2.45) is 0 Å². The van der Waals surface area contributed by atoms with Crippen molar-refractivity contribution in [3.8, 4) is 0 Å².